The van der Waals surface area contributed by atoms with Crippen LogP contribution in [0.5, 0.6) is 0 Å². The van der Waals surface area contributed by atoms with Crippen molar-refractivity contribution in [3.63, 3.8) is 0 Å². The lowest BCUT2D eigenvalue weighted by Crippen LogP contribution is -2.25. The molecule has 18 heavy (non-hydrogen) atoms. The van der Waals surface area contributed by atoms with E-state index < -0.39 is 11.4 Å². The molecule has 0 aliphatic heterocycles. The van der Waals surface area contributed by atoms with Crippen LogP contribution in [-0.4, -0.2) is 20.4 Å². The third-order valence-corrected chi connectivity index (χ3v) is 2.67. The third-order valence-electron chi connectivity index (χ3n) is 2.67. The van der Waals surface area contributed by atoms with E-state index in [1.165, 1.54) is 4.57 Å². The fourth-order valence-corrected chi connectivity index (χ4v) is 1.65. The number of rotatable bonds is 4. The lowest BCUT2D eigenvalue weighted by atomic mass is 10.1. The first-order chi connectivity index (χ1) is 8.47. The van der Waals surface area contributed by atoms with Crippen LogP contribution in [0.3, 0.4) is 0 Å². The Hall–Kier alpha value is -1.88. The van der Waals surface area contributed by atoms with Crippen LogP contribution in [0.15, 0.2) is 39.6 Å². The topological polar surface area (TPSA) is 68.3 Å². The van der Waals surface area contributed by atoms with Crippen molar-refractivity contribution in [3.05, 3.63) is 40.9 Å². The van der Waals surface area contributed by atoms with Gasteiger partial charge in [-0.1, -0.05) is 35.5 Å². The fourth-order valence-electron chi connectivity index (χ4n) is 1.65. The molecule has 0 saturated carbocycles. The monoisotopic (exact) mass is 248 g/mol. The van der Waals surface area contributed by atoms with E-state index in [0.717, 1.165) is 5.56 Å². The smallest absolute Gasteiger partial charge is 0.390 e. The molecule has 0 amide bonds. The number of nitrogens with zero attached hydrogens (tertiary/aromatic N) is 2. The molecule has 0 saturated heterocycles. The Morgan fingerprint density at radius 3 is 2.61 bits per heavy atom. The molecule has 0 bridgehead atoms. The van der Waals surface area contributed by atoms with Gasteiger partial charge < -0.3 is 5.11 Å². The third kappa shape index (κ3) is 2.87. The highest BCUT2D eigenvalue weighted by Crippen LogP contribution is 2.17. The second-order valence-electron chi connectivity index (χ2n) is 4.85. The summed E-state index contributed by atoms with van der Waals surface area (Å²) < 4.78 is 6.13. The molecule has 1 aromatic heterocycles. The van der Waals surface area contributed by atoms with E-state index in [1.54, 1.807) is 13.8 Å². The molecule has 0 atom stereocenters. The first kappa shape index (κ1) is 12.6. The molecule has 0 radical (unpaired) electrons. The van der Waals surface area contributed by atoms with Gasteiger partial charge in [-0.2, -0.15) is 0 Å². The van der Waals surface area contributed by atoms with E-state index in [2.05, 4.69) is 5.16 Å². The predicted molar refractivity (Wildman–Crippen MR) is 67.1 cm³/mol. The minimum Gasteiger partial charge on any atom is -0.390 e. The first-order valence-corrected chi connectivity index (χ1v) is 5.82. The summed E-state index contributed by atoms with van der Waals surface area (Å²) in [6.45, 7) is 3.78. The van der Waals surface area contributed by atoms with E-state index in [0.29, 0.717) is 18.8 Å². The maximum atomic E-state index is 11.6. The molecule has 1 aromatic carbocycles. The molecule has 5 nitrogen and oxygen atoms in total. The van der Waals surface area contributed by atoms with Crippen molar-refractivity contribution in [3.8, 4) is 11.4 Å². The Balaban J connectivity index is 2.31. The van der Waals surface area contributed by atoms with Crippen molar-refractivity contribution < 1.29 is 9.63 Å². The zero-order chi connectivity index (χ0) is 13.2. The SMILES string of the molecule is CC(C)(O)CCn1c(-c2ccccc2)noc1=O. The molecule has 2 rings (SSSR count). The molecule has 2 aromatic rings. The van der Waals surface area contributed by atoms with Gasteiger partial charge in [0.1, 0.15) is 0 Å². The molecule has 0 unspecified atom stereocenters. The van der Waals surface area contributed by atoms with E-state index in [9.17, 15) is 9.90 Å². The van der Waals surface area contributed by atoms with Crippen LogP contribution in [0.2, 0.25) is 0 Å². The number of hydrogen-bond donors (Lipinski definition) is 1. The maximum absolute atomic E-state index is 11.6. The van der Waals surface area contributed by atoms with Crippen molar-refractivity contribution in [2.75, 3.05) is 0 Å². The summed E-state index contributed by atoms with van der Waals surface area (Å²) in [5, 5.41) is 13.5. The Labute approximate surface area is 105 Å². The molecule has 0 aliphatic rings. The van der Waals surface area contributed by atoms with Gasteiger partial charge >= 0.3 is 5.76 Å². The summed E-state index contributed by atoms with van der Waals surface area (Å²) in [7, 11) is 0. The Kier molecular flexibility index (Phi) is 3.34. The summed E-state index contributed by atoms with van der Waals surface area (Å²) in [4.78, 5) is 11.6. The van der Waals surface area contributed by atoms with Crippen LogP contribution in [0.25, 0.3) is 11.4 Å². The molecule has 96 valence electrons. The zero-order valence-electron chi connectivity index (χ0n) is 10.5. The van der Waals surface area contributed by atoms with Crippen LogP contribution < -0.4 is 5.76 Å². The fraction of sp³-hybridized carbons (Fsp3) is 0.385. The van der Waals surface area contributed by atoms with Gasteiger partial charge in [0.05, 0.1) is 5.60 Å². The molecular formula is C13H16N2O3. The summed E-state index contributed by atoms with van der Waals surface area (Å²) in [6, 6.07) is 9.35. The average molecular weight is 248 g/mol. The van der Waals surface area contributed by atoms with E-state index in [4.69, 9.17) is 4.52 Å². The maximum Gasteiger partial charge on any atom is 0.441 e. The van der Waals surface area contributed by atoms with Crippen molar-refractivity contribution >= 4 is 0 Å². The highest BCUT2D eigenvalue weighted by Gasteiger charge is 2.17. The van der Waals surface area contributed by atoms with Crippen molar-refractivity contribution in [2.45, 2.75) is 32.4 Å². The molecule has 1 heterocycles. The summed E-state index contributed by atoms with van der Waals surface area (Å²) in [5.74, 6) is -0.0112. The van der Waals surface area contributed by atoms with Gasteiger partial charge in [0.25, 0.3) is 0 Å². The van der Waals surface area contributed by atoms with Gasteiger partial charge in [-0.15, -0.1) is 0 Å². The molecule has 1 N–H and O–H groups in total. The second kappa shape index (κ2) is 4.78. The Bertz CT molecular complexity index is 564. The van der Waals surface area contributed by atoms with E-state index >= 15 is 0 Å². The van der Waals surface area contributed by atoms with Gasteiger partial charge in [0.2, 0.25) is 0 Å². The standard InChI is InChI=1S/C13H16N2O3/c1-13(2,17)8-9-15-11(14-18-12(15)16)10-6-4-3-5-7-10/h3-7,17H,8-9H2,1-2H3. The second-order valence-corrected chi connectivity index (χ2v) is 4.85. The summed E-state index contributed by atoms with van der Waals surface area (Å²) >= 11 is 0. The van der Waals surface area contributed by atoms with E-state index in [1.807, 2.05) is 30.3 Å². The summed E-state index contributed by atoms with van der Waals surface area (Å²) in [5.41, 5.74) is -0.0101. The normalized spacial score (nSPS) is 11.7. The number of hydrogen-bond acceptors (Lipinski definition) is 4. The molecule has 0 fully saturated rings. The van der Waals surface area contributed by atoms with Crippen molar-refractivity contribution in [1.82, 2.24) is 9.72 Å². The minimum atomic E-state index is -0.829. The molecule has 0 aliphatic carbocycles. The van der Waals surface area contributed by atoms with Crippen LogP contribution in [0.1, 0.15) is 20.3 Å². The van der Waals surface area contributed by atoms with Crippen LogP contribution in [-0.2, 0) is 6.54 Å². The number of benzene rings is 1. The van der Waals surface area contributed by atoms with Crippen LogP contribution in [0, 0.1) is 0 Å². The van der Waals surface area contributed by atoms with Gasteiger partial charge in [-0.05, 0) is 20.3 Å². The number of aromatic nitrogens is 2. The summed E-state index contributed by atoms with van der Waals surface area (Å²) in [6.07, 6.45) is 0.452. The van der Waals surface area contributed by atoms with Crippen LogP contribution in [0.4, 0.5) is 0 Å². The van der Waals surface area contributed by atoms with Gasteiger partial charge in [-0.3, -0.25) is 9.09 Å². The lowest BCUT2D eigenvalue weighted by Gasteiger charge is -2.16. The molecule has 0 spiro atoms. The van der Waals surface area contributed by atoms with Crippen molar-refractivity contribution in [1.29, 1.82) is 0 Å². The van der Waals surface area contributed by atoms with E-state index in [-0.39, 0.29) is 0 Å². The van der Waals surface area contributed by atoms with Crippen molar-refractivity contribution in [2.24, 2.45) is 0 Å². The largest absolute Gasteiger partial charge is 0.441 e. The first-order valence-electron chi connectivity index (χ1n) is 5.82. The quantitative estimate of drug-likeness (QED) is 0.893. The highest BCUT2D eigenvalue weighted by atomic mass is 16.5. The van der Waals surface area contributed by atoms with Gasteiger partial charge in [-0.25, -0.2) is 4.79 Å². The zero-order valence-corrected chi connectivity index (χ0v) is 10.5. The molecule has 5 heteroatoms. The minimum absolute atomic E-state index is 0.371. The average Bonchev–Trinajstić information content (AvgIpc) is 2.68. The Morgan fingerprint density at radius 2 is 2.00 bits per heavy atom. The highest BCUT2D eigenvalue weighted by molar-refractivity contribution is 5.54. The molecular weight excluding hydrogens is 232 g/mol. The van der Waals surface area contributed by atoms with Gasteiger partial charge in [0.15, 0.2) is 5.82 Å². The van der Waals surface area contributed by atoms with Gasteiger partial charge in [0, 0.05) is 12.1 Å². The van der Waals surface area contributed by atoms with Crippen LogP contribution >= 0.6 is 0 Å². The lowest BCUT2D eigenvalue weighted by molar-refractivity contribution is 0.0658. The Morgan fingerprint density at radius 1 is 1.33 bits per heavy atom. The predicted octanol–water partition coefficient (Wildman–Crippen LogP) is 1.66. The number of aliphatic hydroxyl groups is 1.